The van der Waals surface area contributed by atoms with Crippen LogP contribution in [0, 0.1) is 6.92 Å². The van der Waals surface area contributed by atoms with Crippen molar-refractivity contribution in [2.75, 3.05) is 20.2 Å². The van der Waals surface area contributed by atoms with Crippen molar-refractivity contribution in [3.63, 3.8) is 0 Å². The second-order valence-electron chi connectivity index (χ2n) is 6.14. The Bertz CT molecular complexity index is 711. The van der Waals surface area contributed by atoms with E-state index >= 15 is 0 Å². The molecule has 1 aromatic carbocycles. The third kappa shape index (κ3) is 3.88. The molecular formula is C18H24N4O2. The Morgan fingerprint density at radius 3 is 3.12 bits per heavy atom. The standard InChI is InChI=1S/C18H24N4O2/c1-14-19-7-8-22(14)10-9-21(2)18(23)20-13-15-5-6-17-16(12-15)4-3-11-24-17/h5-8,12H,3-4,9-11,13H2,1-2H3,(H,20,23). The summed E-state index contributed by atoms with van der Waals surface area (Å²) in [7, 11) is 1.81. The summed E-state index contributed by atoms with van der Waals surface area (Å²) >= 11 is 0. The molecule has 0 radical (unpaired) electrons. The van der Waals surface area contributed by atoms with Gasteiger partial charge in [0.05, 0.1) is 6.61 Å². The zero-order valence-corrected chi connectivity index (χ0v) is 14.3. The Morgan fingerprint density at radius 1 is 1.46 bits per heavy atom. The molecule has 1 aromatic heterocycles. The molecular weight excluding hydrogens is 304 g/mol. The number of likely N-dealkylation sites (N-methyl/N-ethyl adjacent to an activating group) is 1. The summed E-state index contributed by atoms with van der Waals surface area (Å²) in [6.45, 7) is 4.66. The number of fused-ring (bicyclic) bond motifs is 1. The zero-order chi connectivity index (χ0) is 16.9. The van der Waals surface area contributed by atoms with Crippen molar-refractivity contribution in [2.45, 2.75) is 32.9 Å². The van der Waals surface area contributed by atoms with E-state index in [0.29, 0.717) is 13.1 Å². The minimum atomic E-state index is -0.0678. The van der Waals surface area contributed by atoms with Gasteiger partial charge in [-0.1, -0.05) is 12.1 Å². The Morgan fingerprint density at radius 2 is 2.33 bits per heavy atom. The lowest BCUT2D eigenvalue weighted by atomic mass is 10.0. The number of benzene rings is 1. The normalized spacial score (nSPS) is 13.1. The predicted molar refractivity (Wildman–Crippen MR) is 92.1 cm³/mol. The zero-order valence-electron chi connectivity index (χ0n) is 14.3. The fourth-order valence-electron chi connectivity index (χ4n) is 2.84. The summed E-state index contributed by atoms with van der Waals surface area (Å²) < 4.78 is 7.65. The van der Waals surface area contributed by atoms with Gasteiger partial charge >= 0.3 is 6.03 Å². The van der Waals surface area contributed by atoms with E-state index in [0.717, 1.165) is 43.1 Å². The van der Waals surface area contributed by atoms with Gasteiger partial charge in [0.15, 0.2) is 0 Å². The van der Waals surface area contributed by atoms with E-state index in [9.17, 15) is 4.79 Å². The number of aryl methyl sites for hydroxylation is 2. The number of hydrogen-bond acceptors (Lipinski definition) is 3. The molecule has 2 amide bonds. The van der Waals surface area contributed by atoms with E-state index < -0.39 is 0 Å². The minimum Gasteiger partial charge on any atom is -0.493 e. The SMILES string of the molecule is Cc1nccn1CCN(C)C(=O)NCc1ccc2c(c1)CCCO2. The first-order valence-corrected chi connectivity index (χ1v) is 8.35. The van der Waals surface area contributed by atoms with E-state index in [1.165, 1.54) is 5.56 Å². The van der Waals surface area contributed by atoms with Crippen LogP contribution in [0.15, 0.2) is 30.6 Å². The summed E-state index contributed by atoms with van der Waals surface area (Å²) in [6.07, 6.45) is 5.80. The topological polar surface area (TPSA) is 59.4 Å². The number of aromatic nitrogens is 2. The fourth-order valence-corrected chi connectivity index (χ4v) is 2.84. The maximum Gasteiger partial charge on any atom is 0.317 e. The monoisotopic (exact) mass is 328 g/mol. The maximum atomic E-state index is 12.2. The molecule has 0 saturated heterocycles. The molecule has 0 unspecified atom stereocenters. The summed E-state index contributed by atoms with van der Waals surface area (Å²) in [6, 6.07) is 6.08. The molecule has 2 aromatic rings. The Labute approximate surface area is 142 Å². The van der Waals surface area contributed by atoms with E-state index in [2.05, 4.69) is 16.4 Å². The smallest absolute Gasteiger partial charge is 0.317 e. The highest BCUT2D eigenvalue weighted by molar-refractivity contribution is 5.73. The summed E-state index contributed by atoms with van der Waals surface area (Å²) in [5, 5.41) is 2.97. The first-order chi connectivity index (χ1) is 11.6. The molecule has 0 atom stereocenters. The molecule has 24 heavy (non-hydrogen) atoms. The fraction of sp³-hybridized carbons (Fsp3) is 0.444. The number of nitrogens with one attached hydrogen (secondary N) is 1. The lowest BCUT2D eigenvalue weighted by Gasteiger charge is -2.20. The lowest BCUT2D eigenvalue weighted by Crippen LogP contribution is -2.38. The number of rotatable bonds is 5. The Hall–Kier alpha value is -2.50. The Kier molecular flexibility index (Phi) is 5.03. The quantitative estimate of drug-likeness (QED) is 0.916. The molecule has 0 spiro atoms. The van der Waals surface area contributed by atoms with Crippen LogP contribution in [0.4, 0.5) is 4.79 Å². The predicted octanol–water partition coefficient (Wildman–Crippen LogP) is 2.36. The van der Waals surface area contributed by atoms with Gasteiger partial charge in [0.25, 0.3) is 0 Å². The summed E-state index contributed by atoms with van der Waals surface area (Å²) in [5.74, 6) is 1.93. The van der Waals surface area contributed by atoms with Gasteiger partial charge in [-0.15, -0.1) is 0 Å². The van der Waals surface area contributed by atoms with Crippen molar-refractivity contribution in [1.82, 2.24) is 19.8 Å². The van der Waals surface area contributed by atoms with E-state index in [-0.39, 0.29) is 6.03 Å². The highest BCUT2D eigenvalue weighted by Crippen LogP contribution is 2.25. The first-order valence-electron chi connectivity index (χ1n) is 8.35. The first kappa shape index (κ1) is 16.4. The van der Waals surface area contributed by atoms with Gasteiger partial charge in [0, 0.05) is 39.1 Å². The molecule has 6 nitrogen and oxygen atoms in total. The number of ether oxygens (including phenoxy) is 1. The van der Waals surface area contributed by atoms with Crippen LogP contribution in [0.5, 0.6) is 5.75 Å². The highest BCUT2D eigenvalue weighted by atomic mass is 16.5. The number of urea groups is 1. The van der Waals surface area contributed by atoms with Gasteiger partial charge in [-0.05, 0) is 37.0 Å². The molecule has 0 bridgehead atoms. The molecule has 0 fully saturated rings. The van der Waals surface area contributed by atoms with Gasteiger partial charge in [-0.25, -0.2) is 9.78 Å². The van der Waals surface area contributed by atoms with Crippen LogP contribution >= 0.6 is 0 Å². The van der Waals surface area contributed by atoms with Crippen LogP contribution < -0.4 is 10.1 Å². The van der Waals surface area contributed by atoms with Gasteiger partial charge in [-0.3, -0.25) is 0 Å². The number of amides is 2. The number of hydrogen-bond donors (Lipinski definition) is 1. The molecule has 1 aliphatic rings. The van der Waals surface area contributed by atoms with Crippen molar-refractivity contribution in [1.29, 1.82) is 0 Å². The molecule has 2 heterocycles. The summed E-state index contributed by atoms with van der Waals surface area (Å²) in [4.78, 5) is 18.1. The molecule has 128 valence electrons. The van der Waals surface area contributed by atoms with Crippen LogP contribution in [-0.2, 0) is 19.5 Å². The van der Waals surface area contributed by atoms with Crippen LogP contribution in [0.3, 0.4) is 0 Å². The van der Waals surface area contributed by atoms with Gasteiger partial charge < -0.3 is 19.5 Å². The molecule has 3 rings (SSSR count). The third-order valence-electron chi connectivity index (χ3n) is 4.36. The van der Waals surface area contributed by atoms with Gasteiger partial charge in [0.2, 0.25) is 0 Å². The molecule has 1 aliphatic heterocycles. The molecule has 1 N–H and O–H groups in total. The van der Waals surface area contributed by atoms with E-state index in [4.69, 9.17) is 4.74 Å². The highest BCUT2D eigenvalue weighted by Gasteiger charge is 2.12. The van der Waals surface area contributed by atoms with Crippen molar-refractivity contribution < 1.29 is 9.53 Å². The van der Waals surface area contributed by atoms with E-state index in [1.807, 2.05) is 36.9 Å². The second-order valence-corrected chi connectivity index (χ2v) is 6.14. The van der Waals surface area contributed by atoms with Gasteiger partial charge in [0.1, 0.15) is 11.6 Å². The van der Waals surface area contributed by atoms with Crippen molar-refractivity contribution in [2.24, 2.45) is 0 Å². The number of imidazole rings is 1. The molecule has 6 heteroatoms. The van der Waals surface area contributed by atoms with Crippen LogP contribution in [0.25, 0.3) is 0 Å². The number of carbonyl (C=O) groups excluding carboxylic acids is 1. The summed E-state index contributed by atoms with van der Waals surface area (Å²) in [5.41, 5.74) is 2.34. The maximum absolute atomic E-state index is 12.2. The average molecular weight is 328 g/mol. The average Bonchev–Trinajstić information content (AvgIpc) is 3.02. The van der Waals surface area contributed by atoms with Crippen molar-refractivity contribution >= 4 is 6.03 Å². The third-order valence-corrected chi connectivity index (χ3v) is 4.36. The van der Waals surface area contributed by atoms with Crippen molar-refractivity contribution in [3.05, 3.63) is 47.5 Å². The minimum absolute atomic E-state index is 0.0678. The van der Waals surface area contributed by atoms with Crippen molar-refractivity contribution in [3.8, 4) is 5.75 Å². The lowest BCUT2D eigenvalue weighted by molar-refractivity contribution is 0.206. The second kappa shape index (κ2) is 7.38. The largest absolute Gasteiger partial charge is 0.493 e. The number of carbonyl (C=O) groups is 1. The van der Waals surface area contributed by atoms with Crippen LogP contribution in [0.1, 0.15) is 23.4 Å². The molecule has 0 aliphatic carbocycles. The number of nitrogens with zero attached hydrogens (tertiary/aromatic N) is 3. The molecule has 0 saturated carbocycles. The Balaban J connectivity index is 1.48. The van der Waals surface area contributed by atoms with E-state index in [1.54, 1.807) is 11.1 Å². The van der Waals surface area contributed by atoms with Crippen LogP contribution in [0.2, 0.25) is 0 Å². The van der Waals surface area contributed by atoms with Crippen LogP contribution in [-0.4, -0.2) is 40.7 Å². The van der Waals surface area contributed by atoms with Gasteiger partial charge in [-0.2, -0.15) is 0 Å².